The molecule has 0 radical (unpaired) electrons. The second kappa shape index (κ2) is 9.06. The smallest absolute Gasteiger partial charge is 0.252 e. The molecule has 162 valence electrons. The van der Waals surface area contributed by atoms with E-state index < -0.39 is 0 Å². The molecule has 5 heteroatoms. The molecule has 4 rings (SSSR count). The molecule has 3 aromatic rings. The predicted octanol–water partition coefficient (Wildman–Crippen LogP) is 4.85. The molecule has 0 atom stereocenters. The fourth-order valence-corrected chi connectivity index (χ4v) is 4.30. The molecule has 0 aliphatic carbocycles. The van der Waals surface area contributed by atoms with Crippen LogP contribution in [0.3, 0.4) is 0 Å². The molecule has 1 aromatic heterocycles. The topological polar surface area (TPSA) is 60.5 Å². The predicted molar refractivity (Wildman–Crippen MR) is 123 cm³/mol. The first-order valence-corrected chi connectivity index (χ1v) is 10.9. The lowest BCUT2D eigenvalue weighted by Crippen LogP contribution is -2.44. The summed E-state index contributed by atoms with van der Waals surface area (Å²) in [4.78, 5) is 18.1. The molecule has 0 spiro atoms. The molecule has 1 aliphatic rings. The van der Waals surface area contributed by atoms with Crippen LogP contribution in [0.4, 0.5) is 0 Å². The van der Waals surface area contributed by atoms with Gasteiger partial charge in [0.1, 0.15) is 5.75 Å². The number of methoxy groups -OCH3 is 1. The zero-order valence-electron chi connectivity index (χ0n) is 18.5. The van der Waals surface area contributed by atoms with E-state index in [-0.39, 0.29) is 17.2 Å². The average Bonchev–Trinajstić information content (AvgIpc) is 2.82. The third-order valence-electron chi connectivity index (χ3n) is 6.31. The van der Waals surface area contributed by atoms with Gasteiger partial charge in [-0.2, -0.15) is 0 Å². The Labute approximate surface area is 183 Å². The van der Waals surface area contributed by atoms with E-state index in [0.29, 0.717) is 25.3 Å². The number of carbonyl (C=O) groups is 1. The molecule has 2 heterocycles. The number of pyridine rings is 1. The summed E-state index contributed by atoms with van der Waals surface area (Å²) >= 11 is 0. The highest BCUT2D eigenvalue weighted by atomic mass is 16.5. The monoisotopic (exact) mass is 418 g/mol. The van der Waals surface area contributed by atoms with Gasteiger partial charge in [-0.05, 0) is 48.6 Å². The summed E-state index contributed by atoms with van der Waals surface area (Å²) in [5.74, 6) is 1.02. The minimum Gasteiger partial charge on any atom is -0.497 e. The molecule has 0 unspecified atom stereocenters. The van der Waals surface area contributed by atoms with E-state index in [1.165, 1.54) is 5.56 Å². The highest BCUT2D eigenvalue weighted by Crippen LogP contribution is 2.35. The maximum atomic E-state index is 13.4. The molecule has 1 saturated heterocycles. The first kappa shape index (κ1) is 21.3. The lowest BCUT2D eigenvalue weighted by molar-refractivity contribution is 0.0487. The fraction of sp³-hybridized carbons (Fsp3) is 0.385. The zero-order chi connectivity index (χ0) is 21.8. The quantitative estimate of drug-likeness (QED) is 0.622. The van der Waals surface area contributed by atoms with Crippen LogP contribution in [0.25, 0.3) is 10.9 Å². The molecule has 5 nitrogen and oxygen atoms in total. The van der Waals surface area contributed by atoms with Gasteiger partial charge in [0.2, 0.25) is 0 Å². The molecule has 1 fully saturated rings. The van der Waals surface area contributed by atoms with Crippen LogP contribution in [0.5, 0.6) is 5.75 Å². The van der Waals surface area contributed by atoms with Crippen molar-refractivity contribution in [3.05, 3.63) is 71.4 Å². The summed E-state index contributed by atoms with van der Waals surface area (Å²) < 4.78 is 11.0. The lowest BCUT2D eigenvalue weighted by Gasteiger charge is -2.38. The van der Waals surface area contributed by atoms with Gasteiger partial charge in [0.05, 0.1) is 18.2 Å². The summed E-state index contributed by atoms with van der Waals surface area (Å²) in [5, 5.41) is 4.13. The molecule has 1 amide bonds. The van der Waals surface area contributed by atoms with Gasteiger partial charge in [-0.15, -0.1) is 0 Å². The van der Waals surface area contributed by atoms with Gasteiger partial charge in [0, 0.05) is 36.3 Å². The van der Waals surface area contributed by atoms with Gasteiger partial charge in [-0.1, -0.05) is 44.2 Å². The van der Waals surface area contributed by atoms with Crippen LogP contribution in [-0.2, 0) is 10.2 Å². The summed E-state index contributed by atoms with van der Waals surface area (Å²) in [6.45, 7) is 6.14. The normalized spacial score (nSPS) is 15.7. The molecule has 31 heavy (non-hydrogen) atoms. The van der Waals surface area contributed by atoms with Gasteiger partial charge in [0.25, 0.3) is 5.91 Å². The number of hydrogen-bond donors (Lipinski definition) is 1. The summed E-state index contributed by atoms with van der Waals surface area (Å²) in [6, 6.07) is 18.0. The highest BCUT2D eigenvalue weighted by molar-refractivity contribution is 6.06. The number of fused-ring (bicyclic) bond motifs is 1. The van der Waals surface area contributed by atoms with Gasteiger partial charge in [0.15, 0.2) is 0 Å². The van der Waals surface area contributed by atoms with Crippen molar-refractivity contribution >= 4 is 16.8 Å². The van der Waals surface area contributed by atoms with Crippen molar-refractivity contribution in [1.29, 1.82) is 0 Å². The van der Waals surface area contributed by atoms with Crippen molar-refractivity contribution in [3.63, 3.8) is 0 Å². The summed E-state index contributed by atoms with van der Waals surface area (Å²) in [6.07, 6.45) is 1.74. The number of aromatic nitrogens is 1. The number of nitrogens with zero attached hydrogens (tertiary/aromatic N) is 1. The van der Waals surface area contributed by atoms with Crippen LogP contribution in [0.15, 0.2) is 54.6 Å². The zero-order valence-corrected chi connectivity index (χ0v) is 18.5. The van der Waals surface area contributed by atoms with Gasteiger partial charge in [-0.25, -0.2) is 0 Å². The summed E-state index contributed by atoms with van der Waals surface area (Å²) in [5.41, 5.74) is 3.53. The molecule has 0 saturated carbocycles. The number of rotatable bonds is 6. The van der Waals surface area contributed by atoms with Crippen molar-refractivity contribution in [1.82, 2.24) is 10.3 Å². The van der Waals surface area contributed by atoms with Crippen LogP contribution in [0.1, 0.15) is 54.2 Å². The van der Waals surface area contributed by atoms with E-state index in [1.54, 1.807) is 7.11 Å². The standard InChI is InChI=1S/C26H30N2O3/c1-18(2)24-16-22(21-6-4-5-7-23(21)28-24)25(29)27-17-26(12-14-31-15-13-26)19-8-10-20(30-3)11-9-19/h4-11,16,18H,12-15,17H2,1-3H3,(H,27,29). The van der Waals surface area contributed by atoms with Gasteiger partial charge >= 0.3 is 0 Å². The Kier molecular flexibility index (Phi) is 6.23. The minimum absolute atomic E-state index is 0.0557. The number of carbonyl (C=O) groups excluding carboxylic acids is 1. The van der Waals surface area contributed by atoms with Crippen molar-refractivity contribution < 1.29 is 14.3 Å². The number of ether oxygens (including phenoxy) is 2. The fourth-order valence-electron chi connectivity index (χ4n) is 4.30. The molecule has 1 aliphatic heterocycles. The van der Waals surface area contributed by atoms with E-state index in [4.69, 9.17) is 14.5 Å². The van der Waals surface area contributed by atoms with Crippen LogP contribution in [0.2, 0.25) is 0 Å². The second-order valence-electron chi connectivity index (χ2n) is 8.57. The number of benzene rings is 2. The number of hydrogen-bond acceptors (Lipinski definition) is 4. The van der Waals surface area contributed by atoms with Crippen LogP contribution in [-0.4, -0.2) is 37.8 Å². The van der Waals surface area contributed by atoms with E-state index in [0.717, 1.165) is 35.2 Å². The Morgan fingerprint density at radius 3 is 2.52 bits per heavy atom. The van der Waals surface area contributed by atoms with Gasteiger partial charge in [-0.3, -0.25) is 9.78 Å². The Morgan fingerprint density at radius 2 is 1.84 bits per heavy atom. The first-order valence-electron chi connectivity index (χ1n) is 10.9. The maximum absolute atomic E-state index is 13.4. The number of amides is 1. The van der Waals surface area contributed by atoms with Crippen molar-refractivity contribution in [2.24, 2.45) is 0 Å². The lowest BCUT2D eigenvalue weighted by atomic mass is 9.74. The first-order chi connectivity index (χ1) is 15.0. The second-order valence-corrected chi connectivity index (χ2v) is 8.57. The van der Waals surface area contributed by atoms with Crippen molar-refractivity contribution in [3.8, 4) is 5.75 Å². The molecule has 1 N–H and O–H groups in total. The third kappa shape index (κ3) is 4.42. The largest absolute Gasteiger partial charge is 0.497 e. The van der Waals surface area contributed by atoms with E-state index in [1.807, 2.05) is 42.5 Å². The van der Waals surface area contributed by atoms with Gasteiger partial charge < -0.3 is 14.8 Å². The number of para-hydroxylation sites is 1. The van der Waals surface area contributed by atoms with E-state index in [9.17, 15) is 4.79 Å². The van der Waals surface area contributed by atoms with E-state index >= 15 is 0 Å². The molecular weight excluding hydrogens is 388 g/mol. The molecule has 2 aromatic carbocycles. The van der Waals surface area contributed by atoms with Crippen LogP contribution < -0.4 is 10.1 Å². The Hall–Kier alpha value is -2.92. The Balaban J connectivity index is 1.62. The van der Waals surface area contributed by atoms with Crippen molar-refractivity contribution in [2.75, 3.05) is 26.9 Å². The van der Waals surface area contributed by atoms with Crippen LogP contribution in [0, 0.1) is 0 Å². The average molecular weight is 419 g/mol. The van der Waals surface area contributed by atoms with Crippen molar-refractivity contribution in [2.45, 2.75) is 38.0 Å². The number of nitrogens with one attached hydrogen (secondary N) is 1. The Bertz CT molecular complexity index is 1050. The highest BCUT2D eigenvalue weighted by Gasteiger charge is 2.35. The maximum Gasteiger partial charge on any atom is 0.252 e. The van der Waals surface area contributed by atoms with Crippen LogP contribution >= 0.6 is 0 Å². The van der Waals surface area contributed by atoms with E-state index in [2.05, 4.69) is 31.3 Å². The molecule has 0 bridgehead atoms. The molecular formula is C26H30N2O3. The third-order valence-corrected chi connectivity index (χ3v) is 6.31. The Morgan fingerprint density at radius 1 is 1.13 bits per heavy atom. The summed E-state index contributed by atoms with van der Waals surface area (Å²) in [7, 11) is 1.67. The SMILES string of the molecule is COc1ccc(C2(CNC(=O)c3cc(C(C)C)nc4ccccc34)CCOCC2)cc1. The minimum atomic E-state index is -0.149.